The fourth-order valence-electron chi connectivity index (χ4n) is 1.48. The Morgan fingerprint density at radius 1 is 1.26 bits per heavy atom. The van der Waals surface area contributed by atoms with Crippen LogP contribution in [0.2, 0.25) is 0 Å². The summed E-state index contributed by atoms with van der Waals surface area (Å²) in [5.74, 6) is 0.847. The number of hydrogen-bond donors (Lipinski definition) is 0. The normalized spacial score (nSPS) is 10.0. The minimum absolute atomic E-state index is 0.617. The van der Waals surface area contributed by atoms with Gasteiger partial charge >= 0.3 is 0 Å². The molecule has 0 heterocycles. The summed E-state index contributed by atoms with van der Waals surface area (Å²) >= 11 is 0. The number of hydrogen-bond acceptors (Lipinski definition) is 3. The molecule has 1 rings (SSSR count). The topological polar surface area (TPSA) is 36.3 Å². The third kappa shape index (κ3) is 5.78. The molecular formula is C16H20N2O. The highest BCUT2D eigenvalue weighted by atomic mass is 16.5. The van der Waals surface area contributed by atoms with Crippen molar-refractivity contribution < 1.29 is 4.74 Å². The highest BCUT2D eigenvalue weighted by molar-refractivity contribution is 5.50. The lowest BCUT2D eigenvalue weighted by molar-refractivity contribution is 0.415. The third-order valence-corrected chi connectivity index (χ3v) is 2.61. The molecule has 0 aromatic heterocycles. The van der Waals surface area contributed by atoms with Crippen LogP contribution in [-0.2, 0) is 0 Å². The molecule has 0 fully saturated rings. The summed E-state index contributed by atoms with van der Waals surface area (Å²) in [6.45, 7) is 5.34. The summed E-state index contributed by atoms with van der Waals surface area (Å²) in [7, 11) is 1.65. The summed E-state index contributed by atoms with van der Waals surface area (Å²) in [6, 6.07) is 7.82. The van der Waals surface area contributed by atoms with Gasteiger partial charge in [-0.2, -0.15) is 5.26 Å². The highest BCUT2D eigenvalue weighted by Gasteiger charge is 1.96. The monoisotopic (exact) mass is 256 g/mol. The average molecular weight is 256 g/mol. The minimum Gasteiger partial charge on any atom is -0.497 e. The summed E-state index contributed by atoms with van der Waals surface area (Å²) in [4.78, 5) is 1.70. The maximum absolute atomic E-state index is 9.00. The molecule has 0 spiro atoms. The van der Waals surface area contributed by atoms with Gasteiger partial charge in [-0.3, -0.25) is 0 Å². The van der Waals surface area contributed by atoms with E-state index in [0.29, 0.717) is 13.1 Å². The third-order valence-electron chi connectivity index (χ3n) is 2.61. The summed E-state index contributed by atoms with van der Waals surface area (Å²) in [5.41, 5.74) is 2.32. The minimum atomic E-state index is 0.617. The first-order valence-electron chi connectivity index (χ1n) is 6.24. The van der Waals surface area contributed by atoms with Crippen LogP contribution in [0.15, 0.2) is 42.0 Å². The Morgan fingerprint density at radius 2 is 1.95 bits per heavy atom. The van der Waals surface area contributed by atoms with Crippen LogP contribution in [0.5, 0.6) is 5.75 Å². The van der Waals surface area contributed by atoms with Crippen molar-refractivity contribution in [1.82, 2.24) is 4.90 Å². The van der Waals surface area contributed by atoms with Gasteiger partial charge in [0.05, 0.1) is 7.11 Å². The molecule has 0 aliphatic carbocycles. The van der Waals surface area contributed by atoms with E-state index in [-0.39, 0.29) is 0 Å². The van der Waals surface area contributed by atoms with Crippen LogP contribution in [0.4, 0.5) is 0 Å². The smallest absolute Gasteiger partial charge is 0.179 e. The lowest BCUT2D eigenvalue weighted by Crippen LogP contribution is -2.17. The molecule has 0 aliphatic rings. The van der Waals surface area contributed by atoms with Crippen LogP contribution in [0.3, 0.4) is 0 Å². The van der Waals surface area contributed by atoms with Crippen molar-refractivity contribution in [2.24, 2.45) is 0 Å². The van der Waals surface area contributed by atoms with Crippen molar-refractivity contribution in [2.45, 2.75) is 13.8 Å². The quantitative estimate of drug-likeness (QED) is 0.444. The van der Waals surface area contributed by atoms with E-state index in [2.05, 4.69) is 6.19 Å². The van der Waals surface area contributed by atoms with E-state index in [0.717, 1.165) is 11.3 Å². The van der Waals surface area contributed by atoms with E-state index >= 15 is 0 Å². The molecule has 0 atom stereocenters. The van der Waals surface area contributed by atoms with Crippen LogP contribution in [0.25, 0.3) is 6.08 Å². The Labute approximate surface area is 115 Å². The molecule has 1 aromatic carbocycles. The van der Waals surface area contributed by atoms with E-state index in [4.69, 9.17) is 10.00 Å². The summed E-state index contributed by atoms with van der Waals surface area (Å²) in [6.07, 6.45) is 8.22. The second-order valence-corrected chi connectivity index (χ2v) is 4.46. The zero-order valence-electron chi connectivity index (χ0n) is 11.8. The average Bonchev–Trinajstić information content (AvgIpc) is 2.43. The lowest BCUT2D eigenvalue weighted by Gasteiger charge is -2.10. The molecular weight excluding hydrogens is 236 g/mol. The number of nitrogens with zero attached hydrogens (tertiary/aromatic N) is 2. The Kier molecular flexibility index (Phi) is 6.25. The van der Waals surface area contributed by atoms with Crippen LogP contribution in [0.1, 0.15) is 19.4 Å². The van der Waals surface area contributed by atoms with Gasteiger partial charge in [0.1, 0.15) is 5.75 Å². The van der Waals surface area contributed by atoms with E-state index in [1.54, 1.807) is 12.0 Å². The second-order valence-electron chi connectivity index (χ2n) is 4.46. The fraction of sp³-hybridized carbons (Fsp3) is 0.312. The van der Waals surface area contributed by atoms with Gasteiger partial charge in [-0.25, -0.2) is 0 Å². The summed E-state index contributed by atoms with van der Waals surface area (Å²) < 4.78 is 5.10. The molecule has 0 N–H and O–H groups in total. The van der Waals surface area contributed by atoms with Gasteiger partial charge in [-0.15, -0.1) is 0 Å². The van der Waals surface area contributed by atoms with E-state index in [1.807, 2.05) is 56.3 Å². The maximum atomic E-state index is 9.00. The second kappa shape index (κ2) is 7.99. The first-order valence-corrected chi connectivity index (χ1v) is 6.24. The molecule has 0 aliphatic heterocycles. The molecule has 0 saturated heterocycles. The van der Waals surface area contributed by atoms with Gasteiger partial charge in [-0.1, -0.05) is 35.9 Å². The molecule has 100 valence electrons. The molecule has 1 aromatic rings. The predicted molar refractivity (Wildman–Crippen MR) is 78.6 cm³/mol. The largest absolute Gasteiger partial charge is 0.497 e. The molecule has 0 saturated carbocycles. The van der Waals surface area contributed by atoms with Crippen LogP contribution >= 0.6 is 0 Å². The number of methoxy groups -OCH3 is 1. The number of allylic oxidation sites excluding steroid dienone is 1. The molecule has 3 heteroatoms. The number of benzene rings is 1. The van der Waals surface area contributed by atoms with E-state index in [1.165, 1.54) is 5.57 Å². The zero-order valence-corrected chi connectivity index (χ0v) is 11.8. The van der Waals surface area contributed by atoms with Gasteiger partial charge in [-0.05, 0) is 31.5 Å². The van der Waals surface area contributed by atoms with Crippen LogP contribution in [-0.4, -0.2) is 25.1 Å². The van der Waals surface area contributed by atoms with Crippen molar-refractivity contribution >= 4 is 6.08 Å². The van der Waals surface area contributed by atoms with Gasteiger partial charge in [0.15, 0.2) is 6.19 Å². The zero-order chi connectivity index (χ0) is 14.1. The molecule has 0 bridgehead atoms. The Morgan fingerprint density at radius 3 is 2.47 bits per heavy atom. The SMILES string of the molecule is COc1ccc(/C=C/CN(C#N)CC=C(C)C)cc1. The van der Waals surface area contributed by atoms with Gasteiger partial charge in [0.25, 0.3) is 0 Å². The molecule has 19 heavy (non-hydrogen) atoms. The first kappa shape index (κ1) is 14.8. The van der Waals surface area contributed by atoms with Crippen molar-refractivity contribution in [3.63, 3.8) is 0 Å². The first-order chi connectivity index (χ1) is 9.15. The molecule has 0 amide bonds. The molecule has 3 nitrogen and oxygen atoms in total. The fourth-order valence-corrected chi connectivity index (χ4v) is 1.48. The summed E-state index contributed by atoms with van der Waals surface area (Å²) in [5, 5.41) is 9.00. The number of rotatable bonds is 6. The van der Waals surface area contributed by atoms with Crippen molar-refractivity contribution in [3.8, 4) is 11.9 Å². The van der Waals surface area contributed by atoms with E-state index < -0.39 is 0 Å². The Bertz CT molecular complexity index is 476. The van der Waals surface area contributed by atoms with Crippen molar-refractivity contribution in [1.29, 1.82) is 5.26 Å². The standard InChI is InChI=1S/C16H20N2O/c1-14(2)10-12-18(13-17)11-4-5-15-6-8-16(19-3)9-7-15/h4-10H,11-12H2,1-3H3/b5-4+. The Hall–Kier alpha value is -2.21. The number of nitriles is 1. The molecule has 0 unspecified atom stereocenters. The van der Waals surface area contributed by atoms with Crippen molar-refractivity contribution in [2.75, 3.05) is 20.2 Å². The van der Waals surface area contributed by atoms with Crippen LogP contribution in [0, 0.1) is 11.5 Å². The highest BCUT2D eigenvalue weighted by Crippen LogP contribution is 2.12. The predicted octanol–water partition coefficient (Wildman–Crippen LogP) is 3.46. The Balaban J connectivity index is 2.51. The maximum Gasteiger partial charge on any atom is 0.179 e. The van der Waals surface area contributed by atoms with Crippen LogP contribution < -0.4 is 4.74 Å². The number of ether oxygens (including phenoxy) is 1. The molecule has 0 radical (unpaired) electrons. The van der Waals surface area contributed by atoms with Gasteiger partial charge < -0.3 is 9.64 Å². The van der Waals surface area contributed by atoms with Crippen molar-refractivity contribution in [3.05, 3.63) is 47.6 Å². The van der Waals surface area contributed by atoms with E-state index in [9.17, 15) is 0 Å². The van der Waals surface area contributed by atoms with Gasteiger partial charge in [0.2, 0.25) is 0 Å². The lowest BCUT2D eigenvalue weighted by atomic mass is 10.2. The van der Waals surface area contributed by atoms with Gasteiger partial charge in [0, 0.05) is 13.1 Å².